The summed E-state index contributed by atoms with van der Waals surface area (Å²) < 4.78 is 7.28. The van der Waals surface area contributed by atoms with Crippen molar-refractivity contribution in [1.82, 2.24) is 0 Å². The molecule has 3 unspecified atom stereocenters. The van der Waals surface area contributed by atoms with Gasteiger partial charge in [-0.1, -0.05) is 165 Å². The molecule has 2 heterocycles. The Balaban J connectivity index is 1.29. The van der Waals surface area contributed by atoms with Crippen LogP contribution in [-0.2, 0) is 5.41 Å². The third-order valence-electron chi connectivity index (χ3n) is 14.1. The molecule has 0 radical (unpaired) electrons. The summed E-state index contributed by atoms with van der Waals surface area (Å²) in [6, 6.07) is 60.2. The van der Waals surface area contributed by atoms with E-state index in [1.54, 1.807) is 0 Å². The third-order valence-corrected chi connectivity index (χ3v) is 14.1. The molecular weight excluding hydrogens is 777 g/mol. The van der Waals surface area contributed by atoms with Crippen molar-refractivity contribution < 1.29 is 4.42 Å². The minimum absolute atomic E-state index is 0.178. The molecular formula is C61H52N2O. The molecule has 1 spiro atoms. The summed E-state index contributed by atoms with van der Waals surface area (Å²) in [4.78, 5) is 5.02. The number of fused-ring (bicyclic) bond motifs is 11. The van der Waals surface area contributed by atoms with Crippen LogP contribution < -0.4 is 9.80 Å². The van der Waals surface area contributed by atoms with Crippen molar-refractivity contribution in [3.05, 3.63) is 245 Å². The van der Waals surface area contributed by atoms with E-state index in [4.69, 9.17) is 4.42 Å². The van der Waals surface area contributed by atoms with Crippen LogP contribution in [0.15, 0.2) is 227 Å². The Morgan fingerprint density at radius 1 is 0.688 bits per heavy atom. The molecule has 0 N–H and O–H groups in total. The van der Waals surface area contributed by atoms with Crippen LogP contribution in [0.3, 0.4) is 0 Å². The van der Waals surface area contributed by atoms with Crippen LogP contribution in [0.5, 0.6) is 0 Å². The predicted octanol–water partition coefficient (Wildman–Crippen LogP) is 16.6. The molecule has 0 amide bonds. The zero-order chi connectivity index (χ0) is 43.5. The average molecular weight is 829 g/mol. The fraction of sp³-hybridized carbons (Fsp3) is 0.148. The van der Waals surface area contributed by atoms with Crippen molar-refractivity contribution in [2.75, 3.05) is 9.80 Å². The van der Waals surface area contributed by atoms with Gasteiger partial charge in [0.25, 0.3) is 0 Å². The average Bonchev–Trinajstić information content (AvgIpc) is 4.05. The number of anilines is 3. The number of furan rings is 1. The minimum Gasteiger partial charge on any atom is -0.455 e. The molecule has 312 valence electrons. The van der Waals surface area contributed by atoms with E-state index >= 15 is 0 Å². The number of hydrogen-bond acceptors (Lipinski definition) is 3. The zero-order valence-electron chi connectivity index (χ0n) is 37.2. The lowest BCUT2D eigenvalue weighted by atomic mass is 9.66. The highest BCUT2D eigenvalue weighted by atomic mass is 16.3. The summed E-state index contributed by atoms with van der Waals surface area (Å²) in [6.45, 7) is 11.1. The van der Waals surface area contributed by atoms with Crippen LogP contribution in [-0.4, -0.2) is 0 Å². The molecule has 3 heteroatoms. The Morgan fingerprint density at radius 3 is 2.11 bits per heavy atom. The highest BCUT2D eigenvalue weighted by Crippen LogP contribution is 2.66. The Kier molecular flexibility index (Phi) is 9.73. The molecule has 3 atom stereocenters. The van der Waals surface area contributed by atoms with E-state index in [0.29, 0.717) is 5.92 Å². The van der Waals surface area contributed by atoms with Crippen LogP contribution >= 0.6 is 0 Å². The van der Waals surface area contributed by atoms with Crippen molar-refractivity contribution in [2.45, 2.75) is 52.4 Å². The van der Waals surface area contributed by atoms with Crippen LogP contribution in [0.2, 0.25) is 0 Å². The van der Waals surface area contributed by atoms with Crippen molar-refractivity contribution in [3.63, 3.8) is 0 Å². The number of nitrogens with zero attached hydrogens (tertiary/aromatic N) is 2. The SMILES string of the molecule is C/C=C\C1=C(C)N(c2ccccc2)/C(=C(/C=C\C)N(c2ccc(-c3ccccc3)cc2)c2cc3c(c4oc5ccccc5c24)-c2ccccc2C32c3ccccc3C(C)C2/C=C\C)C1. The third kappa shape index (κ3) is 5.80. The van der Waals surface area contributed by atoms with Gasteiger partial charge < -0.3 is 14.2 Å². The second-order valence-corrected chi connectivity index (χ2v) is 17.4. The van der Waals surface area contributed by atoms with E-state index in [9.17, 15) is 0 Å². The maximum atomic E-state index is 7.28. The summed E-state index contributed by atoms with van der Waals surface area (Å²) in [7, 11) is 0. The number of allylic oxidation sites excluding steroid dienone is 8. The maximum absolute atomic E-state index is 7.28. The number of hydrogen-bond donors (Lipinski definition) is 0. The minimum atomic E-state index is -0.451. The molecule has 0 saturated carbocycles. The molecule has 2 aliphatic carbocycles. The van der Waals surface area contributed by atoms with E-state index < -0.39 is 5.41 Å². The first kappa shape index (κ1) is 39.5. The van der Waals surface area contributed by atoms with Gasteiger partial charge in [-0.3, -0.25) is 0 Å². The molecule has 1 aromatic heterocycles. The first-order valence-corrected chi connectivity index (χ1v) is 22.8. The molecule has 7 aromatic carbocycles. The Morgan fingerprint density at radius 2 is 1.36 bits per heavy atom. The molecule has 1 aliphatic heterocycles. The molecule has 3 nitrogen and oxygen atoms in total. The first-order valence-electron chi connectivity index (χ1n) is 22.8. The summed E-state index contributed by atoms with van der Waals surface area (Å²) in [5.74, 6) is 0.471. The van der Waals surface area contributed by atoms with Crippen LogP contribution in [0.1, 0.15) is 69.2 Å². The number of benzene rings is 7. The van der Waals surface area contributed by atoms with Crippen molar-refractivity contribution >= 4 is 39.0 Å². The van der Waals surface area contributed by atoms with Crippen molar-refractivity contribution in [3.8, 4) is 22.3 Å². The zero-order valence-corrected chi connectivity index (χ0v) is 37.2. The summed E-state index contributed by atoms with van der Waals surface area (Å²) >= 11 is 0. The molecule has 0 saturated heterocycles. The van der Waals surface area contributed by atoms with Gasteiger partial charge in [0.05, 0.1) is 27.9 Å². The van der Waals surface area contributed by atoms with Crippen LogP contribution in [0.25, 0.3) is 44.2 Å². The summed E-state index contributed by atoms with van der Waals surface area (Å²) in [5, 5.41) is 2.21. The van der Waals surface area contributed by atoms with Gasteiger partial charge in [-0.25, -0.2) is 0 Å². The highest BCUT2D eigenvalue weighted by Gasteiger charge is 2.57. The van der Waals surface area contributed by atoms with E-state index in [0.717, 1.165) is 51.1 Å². The second kappa shape index (κ2) is 15.8. The van der Waals surface area contributed by atoms with Gasteiger partial charge >= 0.3 is 0 Å². The fourth-order valence-electron chi connectivity index (χ4n) is 11.5. The van der Waals surface area contributed by atoms with E-state index in [1.807, 2.05) is 0 Å². The largest absolute Gasteiger partial charge is 0.455 e. The van der Waals surface area contributed by atoms with E-state index in [2.05, 4.69) is 245 Å². The van der Waals surface area contributed by atoms with Gasteiger partial charge in [0.2, 0.25) is 0 Å². The monoisotopic (exact) mass is 828 g/mol. The van der Waals surface area contributed by atoms with Gasteiger partial charge in [-0.2, -0.15) is 0 Å². The van der Waals surface area contributed by atoms with Crippen LogP contribution in [0, 0.1) is 5.92 Å². The first-order chi connectivity index (χ1) is 31.5. The molecule has 0 fully saturated rings. The molecule has 64 heavy (non-hydrogen) atoms. The molecule has 0 bridgehead atoms. The number of rotatable bonds is 8. The lowest BCUT2D eigenvalue weighted by Gasteiger charge is -2.37. The summed E-state index contributed by atoms with van der Waals surface area (Å²) in [5.41, 5.74) is 19.8. The van der Waals surface area contributed by atoms with Gasteiger partial charge in [0, 0.05) is 40.4 Å². The topological polar surface area (TPSA) is 19.6 Å². The predicted molar refractivity (Wildman–Crippen MR) is 269 cm³/mol. The van der Waals surface area contributed by atoms with Crippen molar-refractivity contribution in [2.24, 2.45) is 5.92 Å². The second-order valence-electron chi connectivity index (χ2n) is 17.4. The van der Waals surface area contributed by atoms with Crippen LogP contribution in [0.4, 0.5) is 17.1 Å². The molecule has 8 aromatic rings. The quantitative estimate of drug-likeness (QED) is 0.142. The molecule has 3 aliphatic rings. The van der Waals surface area contributed by atoms with Crippen molar-refractivity contribution in [1.29, 1.82) is 0 Å². The summed E-state index contributed by atoms with van der Waals surface area (Å²) in [6.07, 6.45) is 14.5. The lowest BCUT2D eigenvalue weighted by molar-refractivity contribution is 0.447. The standard InChI is InChI=1S/C61H52N2O/c1-6-21-44-38-55(62(41(44)5)45-26-13-10-14-27-45)54(23-8-3)63(46-36-34-43(35-37-46)42-24-11-9-12-25-42)56-39-53-58(60-59(56)49-30-17-20-33-57(49)64-60)48-29-16-19-32-52(48)61(53)50(22-7-2)40(4)47-28-15-18-31-51(47)61/h6-37,39-40,50H,38H2,1-5H3/b21-6-,22-7-,23-8-,55-54-. The van der Waals surface area contributed by atoms with E-state index in [1.165, 1.54) is 61.5 Å². The molecule has 11 rings (SSSR count). The normalized spacial score (nSPS) is 19.9. The Labute approximate surface area is 377 Å². The number of para-hydroxylation sites is 2. The van der Waals surface area contributed by atoms with Gasteiger partial charge in [0.15, 0.2) is 0 Å². The maximum Gasteiger partial charge on any atom is 0.145 e. The van der Waals surface area contributed by atoms with Gasteiger partial charge in [-0.15, -0.1) is 0 Å². The highest BCUT2D eigenvalue weighted by molar-refractivity contribution is 6.19. The van der Waals surface area contributed by atoms with E-state index in [-0.39, 0.29) is 5.92 Å². The Bertz CT molecular complexity index is 3250. The Hall–Kier alpha value is -7.36. The fourth-order valence-corrected chi connectivity index (χ4v) is 11.5. The smallest absolute Gasteiger partial charge is 0.145 e. The van der Waals surface area contributed by atoms with Gasteiger partial charge in [0.1, 0.15) is 11.2 Å². The lowest BCUT2D eigenvalue weighted by Crippen LogP contribution is -2.32. The van der Waals surface area contributed by atoms with Gasteiger partial charge in [-0.05, 0) is 121 Å².